The molecule has 1 saturated heterocycles. The molecule has 7 heteroatoms. The lowest BCUT2D eigenvalue weighted by atomic mass is 9.86. The van der Waals surface area contributed by atoms with Crippen LogP contribution >= 0.6 is 0 Å². The van der Waals surface area contributed by atoms with Crippen LogP contribution in [0.3, 0.4) is 0 Å². The Hall–Kier alpha value is -3.68. The Morgan fingerprint density at radius 3 is 2.51 bits per heavy atom. The molecule has 41 heavy (non-hydrogen) atoms. The average molecular weight is 553 g/mol. The summed E-state index contributed by atoms with van der Waals surface area (Å²) in [5.74, 6) is 1.22. The van der Waals surface area contributed by atoms with E-state index in [2.05, 4.69) is 75.9 Å². The van der Waals surface area contributed by atoms with Crippen molar-refractivity contribution in [1.82, 2.24) is 19.2 Å². The van der Waals surface area contributed by atoms with Gasteiger partial charge in [-0.05, 0) is 61.6 Å². The Morgan fingerprint density at radius 1 is 0.927 bits per heavy atom. The maximum absolute atomic E-state index is 13.3. The van der Waals surface area contributed by atoms with Crippen LogP contribution in [0, 0.1) is 12.8 Å². The number of piperazine rings is 1. The average Bonchev–Trinajstić information content (AvgIpc) is 3.38. The van der Waals surface area contributed by atoms with E-state index in [0.29, 0.717) is 5.91 Å². The molecule has 2 aromatic carbocycles. The number of carbonyl (C=O) groups is 1. The Morgan fingerprint density at radius 2 is 1.73 bits per heavy atom. The van der Waals surface area contributed by atoms with Crippen molar-refractivity contribution in [1.29, 1.82) is 0 Å². The molecule has 4 aromatic rings. The van der Waals surface area contributed by atoms with E-state index >= 15 is 0 Å². The second kappa shape index (κ2) is 12.0. The third kappa shape index (κ3) is 5.88. The van der Waals surface area contributed by atoms with Crippen LogP contribution in [0.15, 0.2) is 66.9 Å². The first kappa shape index (κ1) is 27.5. The Labute approximate surface area is 242 Å². The highest BCUT2D eigenvalue weighted by molar-refractivity contribution is 5.79. The first-order chi connectivity index (χ1) is 20.0. The van der Waals surface area contributed by atoms with E-state index in [4.69, 9.17) is 14.5 Å². The van der Waals surface area contributed by atoms with Crippen molar-refractivity contribution in [2.45, 2.75) is 45.3 Å². The lowest BCUT2D eigenvalue weighted by Crippen LogP contribution is -2.50. The molecular formula is C34H40N4O3. The van der Waals surface area contributed by atoms with Crippen LogP contribution < -0.4 is 4.74 Å². The van der Waals surface area contributed by atoms with E-state index in [1.807, 2.05) is 12.1 Å². The van der Waals surface area contributed by atoms with Crippen LogP contribution in [0.4, 0.5) is 0 Å². The molecule has 6 rings (SSSR count). The smallest absolute Gasteiger partial charge is 0.225 e. The molecule has 214 valence electrons. The van der Waals surface area contributed by atoms with Crippen LogP contribution in [-0.2, 0) is 16.1 Å². The van der Waals surface area contributed by atoms with Gasteiger partial charge in [0.1, 0.15) is 11.4 Å². The summed E-state index contributed by atoms with van der Waals surface area (Å²) >= 11 is 0. The largest absolute Gasteiger partial charge is 0.497 e. The number of nitrogens with zero attached hydrogens (tertiary/aromatic N) is 4. The summed E-state index contributed by atoms with van der Waals surface area (Å²) in [6.07, 6.45) is 6.40. The Balaban J connectivity index is 1.27. The van der Waals surface area contributed by atoms with Gasteiger partial charge in [0.05, 0.1) is 24.6 Å². The standard InChI is InChI=1S/C34H40N4O3/c1-24-7-4-8-25(19-24)28-13-14-32-35-33(26-9-5-11-29(20-26)40-2)31(38(32)22-28)23-36-15-17-37(18-16-36)34(39)27-10-6-12-30(21-27)41-3/h4-5,7-9,11,13-14,19-20,22,27,30H,6,10,12,15-18,21,23H2,1-3H3/t27-,30-/m0/s1. The van der Waals surface area contributed by atoms with Gasteiger partial charge in [-0.15, -0.1) is 0 Å². The van der Waals surface area contributed by atoms with E-state index in [1.54, 1.807) is 14.2 Å². The van der Waals surface area contributed by atoms with Crippen molar-refractivity contribution < 1.29 is 14.3 Å². The second-order valence-electron chi connectivity index (χ2n) is 11.5. The van der Waals surface area contributed by atoms with E-state index in [1.165, 1.54) is 11.1 Å². The zero-order valence-electron chi connectivity index (χ0n) is 24.4. The quantitative estimate of drug-likeness (QED) is 0.289. The number of aryl methyl sites for hydroxylation is 1. The number of carbonyl (C=O) groups excluding carboxylic acids is 1. The fraction of sp³-hybridized carbons (Fsp3) is 0.412. The third-order valence-electron chi connectivity index (χ3n) is 8.78. The topological polar surface area (TPSA) is 59.3 Å². The fourth-order valence-corrected chi connectivity index (χ4v) is 6.42. The van der Waals surface area contributed by atoms with Crippen LogP contribution in [0.5, 0.6) is 5.75 Å². The lowest BCUT2D eigenvalue weighted by molar-refractivity contribution is -0.140. The number of imidazole rings is 1. The van der Waals surface area contributed by atoms with Crippen molar-refractivity contribution in [2.75, 3.05) is 40.4 Å². The van der Waals surface area contributed by atoms with Crippen molar-refractivity contribution in [2.24, 2.45) is 5.92 Å². The van der Waals surface area contributed by atoms with Gasteiger partial charge >= 0.3 is 0 Å². The van der Waals surface area contributed by atoms with Crippen molar-refractivity contribution in [3.05, 3.63) is 78.1 Å². The van der Waals surface area contributed by atoms with Gasteiger partial charge in [-0.25, -0.2) is 4.98 Å². The molecule has 1 aliphatic heterocycles. The summed E-state index contributed by atoms with van der Waals surface area (Å²) in [6.45, 7) is 6.07. The molecule has 1 saturated carbocycles. The summed E-state index contributed by atoms with van der Waals surface area (Å²) in [6, 6.07) is 21.0. The van der Waals surface area contributed by atoms with Gasteiger partial charge in [-0.1, -0.05) is 48.4 Å². The highest BCUT2D eigenvalue weighted by Gasteiger charge is 2.32. The molecule has 2 aliphatic rings. The molecule has 7 nitrogen and oxygen atoms in total. The zero-order valence-corrected chi connectivity index (χ0v) is 24.4. The maximum Gasteiger partial charge on any atom is 0.225 e. The van der Waals surface area contributed by atoms with Gasteiger partial charge in [-0.3, -0.25) is 9.69 Å². The van der Waals surface area contributed by atoms with E-state index in [0.717, 1.165) is 92.3 Å². The molecule has 1 aliphatic carbocycles. The van der Waals surface area contributed by atoms with E-state index in [-0.39, 0.29) is 12.0 Å². The number of aromatic nitrogens is 2. The monoisotopic (exact) mass is 552 g/mol. The van der Waals surface area contributed by atoms with Gasteiger partial charge in [0.2, 0.25) is 5.91 Å². The molecule has 0 bridgehead atoms. The van der Waals surface area contributed by atoms with Crippen LogP contribution in [-0.4, -0.2) is 71.6 Å². The highest BCUT2D eigenvalue weighted by atomic mass is 16.5. The van der Waals surface area contributed by atoms with Gasteiger partial charge in [0.15, 0.2) is 0 Å². The molecule has 1 amide bonds. The first-order valence-corrected chi connectivity index (χ1v) is 14.8. The van der Waals surface area contributed by atoms with Gasteiger partial charge in [0, 0.05) is 57.5 Å². The predicted molar refractivity (Wildman–Crippen MR) is 162 cm³/mol. The number of methoxy groups -OCH3 is 2. The molecule has 0 unspecified atom stereocenters. The van der Waals surface area contributed by atoms with Crippen molar-refractivity contribution in [3.63, 3.8) is 0 Å². The molecule has 2 atom stereocenters. The molecule has 0 spiro atoms. The van der Waals surface area contributed by atoms with Crippen LogP contribution in [0.25, 0.3) is 28.0 Å². The normalized spacial score (nSPS) is 19.9. The number of hydrogen-bond donors (Lipinski definition) is 0. The second-order valence-corrected chi connectivity index (χ2v) is 11.5. The van der Waals surface area contributed by atoms with Crippen LogP contribution in [0.1, 0.15) is 36.9 Å². The first-order valence-electron chi connectivity index (χ1n) is 14.8. The summed E-state index contributed by atoms with van der Waals surface area (Å²) in [4.78, 5) is 23.0. The molecular weight excluding hydrogens is 512 g/mol. The lowest BCUT2D eigenvalue weighted by Gasteiger charge is -2.38. The minimum Gasteiger partial charge on any atom is -0.497 e. The van der Waals surface area contributed by atoms with E-state index < -0.39 is 0 Å². The molecule has 2 fully saturated rings. The summed E-state index contributed by atoms with van der Waals surface area (Å²) < 4.78 is 13.4. The Bertz CT molecular complexity index is 1520. The van der Waals surface area contributed by atoms with Crippen molar-refractivity contribution in [3.8, 4) is 28.1 Å². The zero-order chi connectivity index (χ0) is 28.3. The number of benzene rings is 2. The highest BCUT2D eigenvalue weighted by Crippen LogP contribution is 2.31. The molecule has 0 radical (unpaired) electrons. The van der Waals surface area contributed by atoms with Crippen LogP contribution in [0.2, 0.25) is 0 Å². The number of rotatable bonds is 7. The number of hydrogen-bond acceptors (Lipinski definition) is 5. The van der Waals surface area contributed by atoms with E-state index in [9.17, 15) is 4.79 Å². The number of pyridine rings is 1. The minimum absolute atomic E-state index is 0.0960. The number of amides is 1. The van der Waals surface area contributed by atoms with Gasteiger partial charge in [0.25, 0.3) is 0 Å². The number of ether oxygens (including phenoxy) is 2. The predicted octanol–water partition coefficient (Wildman–Crippen LogP) is 5.83. The summed E-state index contributed by atoms with van der Waals surface area (Å²) in [5, 5.41) is 0. The Kier molecular flexibility index (Phi) is 8.08. The third-order valence-corrected chi connectivity index (χ3v) is 8.78. The van der Waals surface area contributed by atoms with Crippen molar-refractivity contribution >= 4 is 11.6 Å². The SMILES string of the molecule is COc1cccc(-c2nc3ccc(-c4cccc(C)c4)cn3c2CN2CCN(C(=O)[C@H]3CCC[C@H](OC)C3)CC2)c1. The van der Waals surface area contributed by atoms with Gasteiger partial charge in [-0.2, -0.15) is 0 Å². The summed E-state index contributed by atoms with van der Waals surface area (Å²) in [7, 11) is 3.46. The number of fused-ring (bicyclic) bond motifs is 1. The molecule has 0 N–H and O–H groups in total. The fourth-order valence-electron chi connectivity index (χ4n) is 6.42. The minimum atomic E-state index is 0.0960. The summed E-state index contributed by atoms with van der Waals surface area (Å²) in [5.41, 5.74) is 7.68. The molecule has 3 heterocycles. The maximum atomic E-state index is 13.3. The van der Waals surface area contributed by atoms with Gasteiger partial charge < -0.3 is 18.8 Å². The molecule has 2 aromatic heterocycles.